The lowest BCUT2D eigenvalue weighted by Gasteiger charge is -2.29. The summed E-state index contributed by atoms with van der Waals surface area (Å²) in [5, 5.41) is 29.2. The maximum Gasteiger partial charge on any atom is 0.130 e. The minimum Gasteiger partial charge on any atom is -0.544 e. The molecule has 1 aromatic rings. The van der Waals surface area contributed by atoms with Crippen molar-refractivity contribution in [3.8, 4) is 0 Å². The van der Waals surface area contributed by atoms with Gasteiger partial charge in [-0.05, 0) is 18.4 Å². The number of hydrogen-bond donors (Lipinski definition) is 3. The van der Waals surface area contributed by atoms with Gasteiger partial charge in [-0.2, -0.15) is 5.10 Å². The zero-order valence-corrected chi connectivity index (χ0v) is 10.2. The van der Waals surface area contributed by atoms with Crippen LogP contribution in [0.1, 0.15) is 31.2 Å². The van der Waals surface area contributed by atoms with Crippen molar-refractivity contribution in [2.24, 2.45) is 0 Å². The first-order valence-corrected chi connectivity index (χ1v) is 6.38. The molecule has 1 aromatic heterocycles. The summed E-state index contributed by atoms with van der Waals surface area (Å²) < 4.78 is 0. The Morgan fingerprint density at radius 3 is 3.00 bits per heavy atom. The van der Waals surface area contributed by atoms with Gasteiger partial charge < -0.3 is 20.3 Å². The summed E-state index contributed by atoms with van der Waals surface area (Å²) in [6, 6.07) is -0.700. The molecule has 1 fully saturated rings. The van der Waals surface area contributed by atoms with Gasteiger partial charge in [0.2, 0.25) is 0 Å². The molecule has 18 heavy (non-hydrogen) atoms. The Morgan fingerprint density at radius 2 is 2.39 bits per heavy atom. The maximum atomic E-state index is 11.2. The number of nitrogens with two attached hydrogens (primary N) is 1. The summed E-state index contributed by atoms with van der Waals surface area (Å²) in [6.07, 6.45) is 6.92. The number of aliphatic hydroxyl groups excluding tert-OH is 1. The Morgan fingerprint density at radius 1 is 1.61 bits per heavy atom. The van der Waals surface area contributed by atoms with Gasteiger partial charge in [0.25, 0.3) is 0 Å². The van der Waals surface area contributed by atoms with Gasteiger partial charge in [0.15, 0.2) is 0 Å². The predicted octanol–water partition coefficient (Wildman–Crippen LogP) is -2.06. The normalized spacial score (nSPS) is 25.8. The van der Waals surface area contributed by atoms with Gasteiger partial charge in [0.1, 0.15) is 18.2 Å². The van der Waals surface area contributed by atoms with Crippen molar-refractivity contribution in [1.29, 1.82) is 0 Å². The number of quaternary nitrogens is 1. The SMILES string of the molecule is O=C([O-])[C@@H](Cc1cn[nH]c1)[NH2+][C@H]1CCCC[C@@H]1O. The molecule has 0 spiro atoms. The third kappa shape index (κ3) is 3.30. The second-order valence-corrected chi connectivity index (χ2v) is 4.94. The van der Waals surface area contributed by atoms with E-state index < -0.39 is 18.1 Å². The Kier molecular flexibility index (Phi) is 4.33. The second-order valence-electron chi connectivity index (χ2n) is 4.94. The second kappa shape index (κ2) is 5.97. The van der Waals surface area contributed by atoms with Gasteiger partial charge in [0.05, 0.1) is 12.2 Å². The highest BCUT2D eigenvalue weighted by atomic mass is 16.4. The van der Waals surface area contributed by atoms with E-state index in [4.69, 9.17) is 0 Å². The summed E-state index contributed by atoms with van der Waals surface area (Å²) in [4.78, 5) is 11.2. The average Bonchev–Trinajstić information content (AvgIpc) is 2.83. The molecule has 6 nitrogen and oxygen atoms in total. The molecule has 0 amide bonds. The first-order chi connectivity index (χ1) is 8.66. The van der Waals surface area contributed by atoms with Crippen molar-refractivity contribution >= 4 is 5.97 Å². The van der Waals surface area contributed by atoms with Gasteiger partial charge in [-0.3, -0.25) is 5.10 Å². The molecule has 6 heteroatoms. The molecule has 0 saturated heterocycles. The van der Waals surface area contributed by atoms with Crippen molar-refractivity contribution in [3.63, 3.8) is 0 Å². The molecule has 0 bridgehead atoms. The molecule has 1 saturated carbocycles. The number of nitrogens with zero attached hydrogens (tertiary/aromatic N) is 1. The van der Waals surface area contributed by atoms with Crippen molar-refractivity contribution in [1.82, 2.24) is 10.2 Å². The zero-order valence-electron chi connectivity index (χ0n) is 10.2. The third-order valence-electron chi connectivity index (χ3n) is 3.57. The third-order valence-corrected chi connectivity index (χ3v) is 3.57. The number of aliphatic hydroxyl groups is 1. The fraction of sp³-hybridized carbons (Fsp3) is 0.667. The summed E-state index contributed by atoms with van der Waals surface area (Å²) >= 11 is 0. The van der Waals surface area contributed by atoms with Gasteiger partial charge in [-0.1, -0.05) is 6.42 Å². The van der Waals surface area contributed by atoms with Crippen LogP contribution in [0.25, 0.3) is 0 Å². The number of carbonyl (C=O) groups excluding carboxylic acids is 1. The van der Waals surface area contributed by atoms with Crippen LogP contribution in [0.4, 0.5) is 0 Å². The standard InChI is InChI=1S/C12H19N3O3/c16-11-4-2-1-3-9(11)15-10(12(17)18)5-8-6-13-14-7-8/h6-7,9-11,15-16H,1-5H2,(H,13,14)(H,17,18)/t9-,10+,11-/m0/s1. The van der Waals surface area contributed by atoms with Crippen LogP contribution < -0.4 is 10.4 Å². The number of aromatic amines is 1. The van der Waals surface area contributed by atoms with E-state index in [1.807, 2.05) is 0 Å². The van der Waals surface area contributed by atoms with Gasteiger partial charge in [0, 0.05) is 19.0 Å². The molecule has 4 N–H and O–H groups in total. The van der Waals surface area contributed by atoms with Gasteiger partial charge in [-0.15, -0.1) is 0 Å². The number of hydrogen-bond acceptors (Lipinski definition) is 4. The number of carboxylic acids is 1. The van der Waals surface area contributed by atoms with Crippen LogP contribution in [0.5, 0.6) is 0 Å². The molecule has 2 rings (SSSR count). The van der Waals surface area contributed by atoms with E-state index in [9.17, 15) is 15.0 Å². The summed E-state index contributed by atoms with van der Waals surface area (Å²) in [7, 11) is 0. The first-order valence-electron chi connectivity index (χ1n) is 6.38. The quantitative estimate of drug-likeness (QED) is 0.561. The average molecular weight is 253 g/mol. The lowest BCUT2D eigenvalue weighted by molar-refractivity contribution is -0.723. The van der Waals surface area contributed by atoms with Crippen LogP contribution in [-0.2, 0) is 11.2 Å². The Labute approximate surface area is 105 Å². The van der Waals surface area contributed by atoms with Crippen LogP contribution in [0.2, 0.25) is 0 Å². The number of carbonyl (C=O) groups is 1. The number of rotatable bonds is 5. The highest BCUT2D eigenvalue weighted by molar-refractivity contribution is 5.69. The number of nitrogens with one attached hydrogen (secondary N) is 1. The van der Waals surface area contributed by atoms with Crippen molar-refractivity contribution in [3.05, 3.63) is 18.0 Å². The van der Waals surface area contributed by atoms with Crippen molar-refractivity contribution in [2.75, 3.05) is 0 Å². The topological polar surface area (TPSA) is 106 Å². The Balaban J connectivity index is 1.95. The van der Waals surface area contributed by atoms with Gasteiger partial charge >= 0.3 is 0 Å². The molecule has 0 unspecified atom stereocenters. The highest BCUT2D eigenvalue weighted by Crippen LogP contribution is 2.16. The minimum atomic E-state index is -1.09. The molecule has 100 valence electrons. The predicted molar refractivity (Wildman–Crippen MR) is 61.3 cm³/mol. The van der Waals surface area contributed by atoms with E-state index in [1.54, 1.807) is 17.7 Å². The van der Waals surface area contributed by atoms with E-state index in [0.717, 1.165) is 31.2 Å². The van der Waals surface area contributed by atoms with E-state index in [-0.39, 0.29) is 6.04 Å². The monoisotopic (exact) mass is 253 g/mol. The zero-order chi connectivity index (χ0) is 13.0. The Bertz CT molecular complexity index is 380. The van der Waals surface area contributed by atoms with Crippen molar-refractivity contribution in [2.45, 2.75) is 50.3 Å². The molecule has 1 aliphatic rings. The van der Waals surface area contributed by atoms with Crippen LogP contribution in [-0.4, -0.2) is 39.5 Å². The van der Waals surface area contributed by atoms with E-state index in [1.165, 1.54) is 0 Å². The van der Waals surface area contributed by atoms with Gasteiger partial charge in [-0.25, -0.2) is 0 Å². The molecule has 1 aliphatic carbocycles. The highest BCUT2D eigenvalue weighted by Gasteiger charge is 2.29. The van der Waals surface area contributed by atoms with E-state index >= 15 is 0 Å². The van der Waals surface area contributed by atoms with Crippen LogP contribution in [0.15, 0.2) is 12.4 Å². The number of aliphatic carboxylic acids is 1. The molecule has 3 atom stereocenters. The largest absolute Gasteiger partial charge is 0.544 e. The van der Waals surface area contributed by atoms with Crippen LogP contribution in [0, 0.1) is 0 Å². The molecular formula is C12H19N3O3. The molecule has 0 aliphatic heterocycles. The lowest BCUT2D eigenvalue weighted by Crippen LogP contribution is -3.00. The van der Waals surface area contributed by atoms with Crippen molar-refractivity contribution < 1.29 is 20.3 Å². The van der Waals surface area contributed by atoms with Crippen LogP contribution >= 0.6 is 0 Å². The van der Waals surface area contributed by atoms with E-state index in [2.05, 4.69) is 10.2 Å². The van der Waals surface area contributed by atoms with Crippen LogP contribution in [0.3, 0.4) is 0 Å². The minimum absolute atomic E-state index is 0.0337. The summed E-state index contributed by atoms with van der Waals surface area (Å²) in [5.41, 5.74) is 0.839. The fourth-order valence-corrected chi connectivity index (χ4v) is 2.54. The molecule has 0 aromatic carbocycles. The van der Waals surface area contributed by atoms with E-state index in [0.29, 0.717) is 6.42 Å². The summed E-state index contributed by atoms with van der Waals surface area (Å²) in [6.45, 7) is 0. The molecule has 0 radical (unpaired) electrons. The molecular weight excluding hydrogens is 234 g/mol. The number of aromatic nitrogens is 2. The smallest absolute Gasteiger partial charge is 0.130 e. The summed E-state index contributed by atoms with van der Waals surface area (Å²) in [5.74, 6) is -1.09. The molecule has 1 heterocycles. The number of carboxylic acid groups (broad SMARTS) is 1. The first kappa shape index (κ1) is 13.0. The Hall–Kier alpha value is -1.40. The maximum absolute atomic E-state index is 11.2. The number of H-pyrrole nitrogens is 1. The fourth-order valence-electron chi connectivity index (χ4n) is 2.54. The lowest BCUT2D eigenvalue weighted by atomic mass is 9.91.